The minimum absolute atomic E-state index is 0.000492. The first-order valence-corrected chi connectivity index (χ1v) is 19.4. The number of likely N-dealkylation sites (N-methyl/N-ethyl adjacent to an activating group) is 1. The summed E-state index contributed by atoms with van der Waals surface area (Å²) < 4.78 is 44.8. The predicted octanol–water partition coefficient (Wildman–Crippen LogP) is 5.57. The van der Waals surface area contributed by atoms with Crippen LogP contribution in [0.15, 0.2) is 109 Å². The van der Waals surface area contributed by atoms with Gasteiger partial charge in [-0.1, -0.05) is 84.9 Å². The Morgan fingerprint density at radius 1 is 0.655 bits per heavy atom. The van der Waals surface area contributed by atoms with Gasteiger partial charge in [0.1, 0.15) is 30.5 Å². The lowest BCUT2D eigenvalue weighted by Gasteiger charge is -2.28. The van der Waals surface area contributed by atoms with Crippen molar-refractivity contribution in [3.05, 3.63) is 137 Å². The Labute approximate surface area is 337 Å². The number of rotatable bonds is 22. The van der Waals surface area contributed by atoms with Crippen molar-refractivity contribution in [3.8, 4) is 5.75 Å². The topological polar surface area (TPSA) is 169 Å². The minimum Gasteiger partial charge on any atom is -0.489 e. The molecule has 0 saturated heterocycles. The number of hydrogen-bond donors (Lipinski definition) is 5. The van der Waals surface area contributed by atoms with Gasteiger partial charge in [0.25, 0.3) is 0 Å². The monoisotopic (exact) mass is 802 g/mol. The van der Waals surface area contributed by atoms with E-state index in [-0.39, 0.29) is 31.9 Å². The van der Waals surface area contributed by atoms with Gasteiger partial charge < -0.3 is 37.1 Å². The van der Waals surface area contributed by atoms with Crippen molar-refractivity contribution >= 4 is 23.6 Å². The Balaban J connectivity index is 1.54. The minimum atomic E-state index is -4.45. The number of benzene rings is 4. The maximum atomic E-state index is 14.2. The van der Waals surface area contributed by atoms with Crippen LogP contribution in [0.3, 0.4) is 0 Å². The number of hydrogen-bond acceptors (Lipinski definition) is 7. The zero-order valence-electron chi connectivity index (χ0n) is 32.7. The summed E-state index contributed by atoms with van der Waals surface area (Å²) >= 11 is 0. The van der Waals surface area contributed by atoms with Crippen LogP contribution >= 0.6 is 0 Å². The van der Waals surface area contributed by atoms with E-state index in [1.165, 1.54) is 17.0 Å². The molecule has 0 aliphatic rings. The largest absolute Gasteiger partial charge is 0.489 e. The summed E-state index contributed by atoms with van der Waals surface area (Å²) in [6, 6.07) is 26.4. The van der Waals surface area contributed by atoms with Gasteiger partial charge in [-0.2, -0.15) is 13.2 Å². The van der Waals surface area contributed by atoms with Crippen LogP contribution in [0.25, 0.3) is 0 Å². The van der Waals surface area contributed by atoms with Gasteiger partial charge in [-0.25, -0.2) is 0 Å². The molecule has 4 amide bonds. The normalized spacial score (nSPS) is 12.8. The standard InChI is InChI=1S/C44H53F3N6O5/c1-53(29-32-14-6-3-7-15-32)43(57)40(34-20-24-36(25-21-34)58-30-33-18-22-35(23-19-33)44(45,46)47)52-42(56)38(17-9-11-27-49)51-41(55)37(16-8-10-26-48)50-39(54)28-31-12-4-2-5-13-31/h2-7,12-15,18-25,37-38,40H,8-11,16-17,26-30,48-49H2,1H3,(H,50,54)(H,51,55)(H,52,56)/t37-,38-,40-/m0/s1. The molecule has 310 valence electrons. The van der Waals surface area contributed by atoms with Crippen molar-refractivity contribution < 1.29 is 37.1 Å². The number of carbonyl (C=O) groups is 4. The summed E-state index contributed by atoms with van der Waals surface area (Å²) in [4.78, 5) is 56.7. The van der Waals surface area contributed by atoms with Crippen molar-refractivity contribution in [1.82, 2.24) is 20.9 Å². The molecule has 0 aliphatic heterocycles. The van der Waals surface area contributed by atoms with Gasteiger partial charge in [-0.3, -0.25) is 19.2 Å². The highest BCUT2D eigenvalue weighted by molar-refractivity contribution is 5.94. The summed E-state index contributed by atoms with van der Waals surface area (Å²) in [5.41, 5.74) is 13.3. The van der Waals surface area contributed by atoms with E-state index in [1.54, 1.807) is 31.3 Å². The Morgan fingerprint density at radius 2 is 1.19 bits per heavy atom. The molecule has 3 atom stereocenters. The Morgan fingerprint density at radius 3 is 1.74 bits per heavy atom. The number of nitrogens with zero attached hydrogens (tertiary/aromatic N) is 1. The third kappa shape index (κ3) is 14.6. The Kier molecular flexibility index (Phi) is 17.7. The van der Waals surface area contributed by atoms with Crippen LogP contribution in [0.1, 0.15) is 72.4 Å². The summed E-state index contributed by atoms with van der Waals surface area (Å²) in [6.07, 6.45) is -1.55. The molecule has 0 aliphatic carbocycles. The summed E-state index contributed by atoms with van der Waals surface area (Å²) in [5, 5.41) is 8.56. The zero-order chi connectivity index (χ0) is 41.9. The fourth-order valence-corrected chi connectivity index (χ4v) is 6.22. The first-order chi connectivity index (χ1) is 27.9. The van der Waals surface area contributed by atoms with Gasteiger partial charge in [-0.05, 0) is 98.1 Å². The van der Waals surface area contributed by atoms with Gasteiger partial charge in [-0.15, -0.1) is 0 Å². The maximum Gasteiger partial charge on any atom is 0.416 e. The maximum absolute atomic E-state index is 14.2. The van der Waals surface area contributed by atoms with Gasteiger partial charge >= 0.3 is 6.18 Å². The molecular formula is C44H53F3N6O5. The molecule has 0 heterocycles. The number of amides is 4. The van der Waals surface area contributed by atoms with Crippen molar-refractivity contribution in [2.45, 2.75) is 82.4 Å². The van der Waals surface area contributed by atoms with Crippen LogP contribution in [0.2, 0.25) is 0 Å². The number of alkyl halides is 3. The van der Waals surface area contributed by atoms with Gasteiger partial charge in [0, 0.05) is 13.6 Å². The van der Waals surface area contributed by atoms with E-state index in [0.717, 1.165) is 23.3 Å². The highest BCUT2D eigenvalue weighted by Gasteiger charge is 2.32. The molecule has 4 aromatic carbocycles. The average Bonchev–Trinajstić information content (AvgIpc) is 3.21. The van der Waals surface area contributed by atoms with Crippen molar-refractivity contribution in [1.29, 1.82) is 0 Å². The lowest BCUT2D eigenvalue weighted by Crippen LogP contribution is -2.55. The number of halogens is 3. The average molecular weight is 803 g/mol. The molecule has 58 heavy (non-hydrogen) atoms. The SMILES string of the molecule is CN(Cc1ccccc1)C(=O)[C@@H](NC(=O)[C@H](CCCCN)NC(=O)[C@H](CCCCN)NC(=O)Cc1ccccc1)c1ccc(OCc2ccc(C(F)(F)F)cc2)cc1. The molecule has 0 saturated carbocycles. The van der Waals surface area contributed by atoms with Crippen LogP contribution in [-0.2, 0) is 44.9 Å². The van der Waals surface area contributed by atoms with Crippen LogP contribution in [0.5, 0.6) is 5.75 Å². The number of ether oxygens (including phenoxy) is 1. The molecular weight excluding hydrogens is 750 g/mol. The third-order valence-electron chi connectivity index (χ3n) is 9.46. The molecule has 11 nitrogen and oxygen atoms in total. The number of nitrogens with one attached hydrogen (secondary N) is 3. The highest BCUT2D eigenvalue weighted by Crippen LogP contribution is 2.29. The first kappa shape index (κ1) is 45.0. The van der Waals surface area contributed by atoms with Crippen molar-refractivity contribution in [3.63, 3.8) is 0 Å². The quantitative estimate of drug-likeness (QED) is 0.0648. The van der Waals surface area contributed by atoms with E-state index in [0.29, 0.717) is 62.1 Å². The summed E-state index contributed by atoms with van der Waals surface area (Å²) in [7, 11) is 1.63. The second-order valence-electron chi connectivity index (χ2n) is 14.1. The second-order valence-corrected chi connectivity index (χ2v) is 14.1. The van der Waals surface area contributed by atoms with Gasteiger partial charge in [0.05, 0.1) is 12.0 Å². The fourth-order valence-electron chi connectivity index (χ4n) is 6.22. The number of nitrogens with two attached hydrogens (primary N) is 2. The molecule has 4 aromatic rings. The molecule has 0 radical (unpaired) electrons. The lowest BCUT2D eigenvalue weighted by molar-refractivity contribution is -0.138. The van der Waals surface area contributed by atoms with Gasteiger partial charge in [0.15, 0.2) is 0 Å². The highest BCUT2D eigenvalue weighted by atomic mass is 19.4. The summed E-state index contributed by atoms with van der Waals surface area (Å²) in [5.74, 6) is -1.51. The molecule has 0 spiro atoms. The van der Waals surface area contributed by atoms with Crippen molar-refractivity contribution in [2.75, 3.05) is 20.1 Å². The molecule has 4 rings (SSSR count). The van der Waals surface area contributed by atoms with Gasteiger partial charge in [0.2, 0.25) is 23.6 Å². The van der Waals surface area contributed by atoms with E-state index < -0.39 is 47.6 Å². The van der Waals surface area contributed by atoms with E-state index in [4.69, 9.17) is 16.2 Å². The lowest BCUT2D eigenvalue weighted by atomic mass is 10.0. The Hall–Kier alpha value is -5.73. The molecule has 14 heteroatoms. The zero-order valence-corrected chi connectivity index (χ0v) is 32.7. The fraction of sp³-hybridized carbons (Fsp3) is 0.364. The van der Waals surface area contributed by atoms with Crippen LogP contribution in [0, 0.1) is 0 Å². The van der Waals surface area contributed by atoms with Crippen LogP contribution in [-0.4, -0.2) is 60.7 Å². The molecule has 7 N–H and O–H groups in total. The first-order valence-electron chi connectivity index (χ1n) is 19.4. The van der Waals surface area contributed by atoms with Crippen LogP contribution in [0.4, 0.5) is 13.2 Å². The van der Waals surface area contributed by atoms with Crippen molar-refractivity contribution in [2.24, 2.45) is 11.5 Å². The number of carbonyl (C=O) groups excluding carboxylic acids is 4. The third-order valence-corrected chi connectivity index (χ3v) is 9.46. The molecule has 0 aromatic heterocycles. The number of unbranched alkanes of at least 4 members (excludes halogenated alkanes) is 2. The smallest absolute Gasteiger partial charge is 0.416 e. The van der Waals surface area contributed by atoms with E-state index in [1.807, 2.05) is 60.7 Å². The molecule has 0 fully saturated rings. The van der Waals surface area contributed by atoms with E-state index in [2.05, 4.69) is 16.0 Å². The summed E-state index contributed by atoms with van der Waals surface area (Å²) in [6.45, 7) is 1.04. The van der Waals surface area contributed by atoms with Crippen LogP contribution < -0.4 is 32.2 Å². The van der Waals surface area contributed by atoms with E-state index >= 15 is 0 Å². The second kappa shape index (κ2) is 22.9. The molecule has 0 unspecified atom stereocenters. The molecule has 0 bridgehead atoms. The Bertz CT molecular complexity index is 1880. The van der Waals surface area contributed by atoms with E-state index in [9.17, 15) is 32.3 Å². The predicted molar refractivity (Wildman–Crippen MR) is 216 cm³/mol.